The molecule has 0 heterocycles. The first-order valence-corrected chi connectivity index (χ1v) is 10.6. The van der Waals surface area contributed by atoms with E-state index in [-0.39, 0.29) is 30.8 Å². The van der Waals surface area contributed by atoms with E-state index in [2.05, 4.69) is 5.32 Å². The topological polar surface area (TPSA) is 49.4 Å². The molecular formula is C22H25Cl3N2O2. The van der Waals surface area contributed by atoms with Crippen molar-refractivity contribution in [1.29, 1.82) is 0 Å². The molecule has 0 radical (unpaired) electrons. The molecule has 29 heavy (non-hydrogen) atoms. The van der Waals surface area contributed by atoms with E-state index in [4.69, 9.17) is 34.8 Å². The maximum absolute atomic E-state index is 13.2. The van der Waals surface area contributed by atoms with E-state index >= 15 is 0 Å². The lowest BCUT2D eigenvalue weighted by Crippen LogP contribution is -2.50. The molecule has 0 saturated carbocycles. The minimum atomic E-state index is -0.591. The summed E-state index contributed by atoms with van der Waals surface area (Å²) in [5.74, 6) is -0.323. The Morgan fingerprint density at radius 3 is 2.14 bits per heavy atom. The molecule has 2 aromatic carbocycles. The lowest BCUT2D eigenvalue weighted by atomic mass is 10.1. The highest BCUT2D eigenvalue weighted by molar-refractivity contribution is 6.42. The number of carbonyl (C=O) groups is 2. The number of amides is 2. The fourth-order valence-corrected chi connectivity index (χ4v) is 3.46. The Kier molecular flexibility index (Phi) is 8.81. The first-order chi connectivity index (χ1) is 13.7. The highest BCUT2D eigenvalue weighted by Crippen LogP contribution is 2.24. The molecule has 0 aromatic heterocycles. The van der Waals surface area contributed by atoms with E-state index < -0.39 is 6.04 Å². The zero-order valence-electron chi connectivity index (χ0n) is 16.7. The SMILES string of the molecule is CCC(C(=O)NC(C)C)N(Cc1ccc(Cl)c(Cl)c1)C(=O)Cc1ccc(Cl)cc1. The minimum absolute atomic E-state index is 0.0188. The number of nitrogens with one attached hydrogen (secondary N) is 1. The van der Waals surface area contributed by atoms with Crippen molar-refractivity contribution in [3.05, 3.63) is 68.7 Å². The molecule has 2 amide bonds. The Morgan fingerprint density at radius 1 is 0.966 bits per heavy atom. The first-order valence-electron chi connectivity index (χ1n) is 9.49. The second-order valence-corrected chi connectivity index (χ2v) is 8.41. The maximum atomic E-state index is 13.2. The van der Waals surface area contributed by atoms with Crippen molar-refractivity contribution in [2.24, 2.45) is 0 Å². The first kappa shape index (κ1) is 23.5. The molecule has 2 rings (SSSR count). The second-order valence-electron chi connectivity index (χ2n) is 7.16. The van der Waals surface area contributed by atoms with Gasteiger partial charge in [-0.2, -0.15) is 0 Å². The smallest absolute Gasteiger partial charge is 0.243 e. The van der Waals surface area contributed by atoms with Crippen LogP contribution in [0.2, 0.25) is 15.1 Å². The molecule has 0 aliphatic heterocycles. The summed E-state index contributed by atoms with van der Waals surface area (Å²) in [4.78, 5) is 27.6. The molecule has 0 aliphatic rings. The number of nitrogens with zero attached hydrogens (tertiary/aromatic N) is 1. The number of benzene rings is 2. The van der Waals surface area contributed by atoms with E-state index in [1.807, 2.05) is 39.0 Å². The predicted molar refractivity (Wildman–Crippen MR) is 120 cm³/mol. The van der Waals surface area contributed by atoms with Gasteiger partial charge >= 0.3 is 0 Å². The van der Waals surface area contributed by atoms with Crippen molar-refractivity contribution in [1.82, 2.24) is 10.2 Å². The van der Waals surface area contributed by atoms with Gasteiger partial charge in [0.05, 0.1) is 16.5 Å². The number of halogens is 3. The monoisotopic (exact) mass is 454 g/mol. The summed E-state index contributed by atoms with van der Waals surface area (Å²) < 4.78 is 0. The Labute approximate surface area is 187 Å². The summed E-state index contributed by atoms with van der Waals surface area (Å²) in [5, 5.41) is 4.37. The van der Waals surface area contributed by atoms with Crippen LogP contribution in [0.3, 0.4) is 0 Å². The van der Waals surface area contributed by atoms with Crippen LogP contribution in [0.1, 0.15) is 38.3 Å². The zero-order chi connectivity index (χ0) is 21.6. The highest BCUT2D eigenvalue weighted by Gasteiger charge is 2.29. The van der Waals surface area contributed by atoms with Gasteiger partial charge < -0.3 is 10.2 Å². The summed E-state index contributed by atoms with van der Waals surface area (Å²) in [6, 6.07) is 11.7. The summed E-state index contributed by atoms with van der Waals surface area (Å²) >= 11 is 18.1. The van der Waals surface area contributed by atoms with Crippen molar-refractivity contribution in [3.63, 3.8) is 0 Å². The van der Waals surface area contributed by atoms with E-state index in [1.54, 1.807) is 29.2 Å². The van der Waals surface area contributed by atoms with Crippen LogP contribution in [0.5, 0.6) is 0 Å². The van der Waals surface area contributed by atoms with E-state index in [0.29, 0.717) is 21.5 Å². The van der Waals surface area contributed by atoms with Crippen LogP contribution in [-0.2, 0) is 22.6 Å². The van der Waals surface area contributed by atoms with Crippen molar-refractivity contribution in [2.75, 3.05) is 0 Å². The summed E-state index contributed by atoms with van der Waals surface area (Å²) in [6.07, 6.45) is 0.663. The van der Waals surface area contributed by atoms with Crippen molar-refractivity contribution in [3.8, 4) is 0 Å². The van der Waals surface area contributed by atoms with Crippen LogP contribution in [0.15, 0.2) is 42.5 Å². The Balaban J connectivity index is 2.31. The van der Waals surface area contributed by atoms with Gasteiger partial charge in [0.15, 0.2) is 0 Å². The standard InChI is InChI=1S/C22H25Cl3N2O2/c1-4-20(22(29)26-14(2)3)27(13-16-7-10-18(24)19(25)11-16)21(28)12-15-5-8-17(23)9-6-15/h5-11,14,20H,4,12-13H2,1-3H3,(H,26,29). The minimum Gasteiger partial charge on any atom is -0.352 e. The lowest BCUT2D eigenvalue weighted by molar-refractivity contribution is -0.141. The fourth-order valence-electron chi connectivity index (χ4n) is 3.01. The van der Waals surface area contributed by atoms with Crippen LogP contribution in [0.4, 0.5) is 0 Å². The van der Waals surface area contributed by atoms with Gasteiger partial charge in [-0.25, -0.2) is 0 Å². The van der Waals surface area contributed by atoms with Crippen LogP contribution >= 0.6 is 34.8 Å². The van der Waals surface area contributed by atoms with Gasteiger partial charge in [-0.05, 0) is 55.7 Å². The quantitative estimate of drug-likeness (QED) is 0.569. The highest BCUT2D eigenvalue weighted by atomic mass is 35.5. The second kappa shape index (κ2) is 10.9. The third-order valence-corrected chi connectivity index (χ3v) is 5.41. The molecule has 2 aromatic rings. The average Bonchev–Trinajstić information content (AvgIpc) is 2.65. The van der Waals surface area contributed by atoms with Crippen molar-refractivity contribution >= 4 is 46.6 Å². The normalized spacial score (nSPS) is 12.0. The molecule has 156 valence electrons. The van der Waals surface area contributed by atoms with Gasteiger partial charge in [-0.3, -0.25) is 9.59 Å². The lowest BCUT2D eigenvalue weighted by Gasteiger charge is -2.31. The molecule has 1 N–H and O–H groups in total. The molecule has 7 heteroatoms. The van der Waals surface area contributed by atoms with E-state index in [9.17, 15) is 9.59 Å². The molecule has 0 spiro atoms. The van der Waals surface area contributed by atoms with E-state index in [0.717, 1.165) is 11.1 Å². The van der Waals surface area contributed by atoms with Gasteiger partial charge in [0.2, 0.25) is 11.8 Å². The van der Waals surface area contributed by atoms with Crippen LogP contribution in [0.25, 0.3) is 0 Å². The van der Waals surface area contributed by atoms with Gasteiger partial charge in [0.25, 0.3) is 0 Å². The van der Waals surface area contributed by atoms with E-state index in [1.165, 1.54) is 0 Å². The number of hydrogen-bond acceptors (Lipinski definition) is 2. The number of hydrogen-bond donors (Lipinski definition) is 1. The third kappa shape index (κ3) is 6.91. The van der Waals surface area contributed by atoms with Gasteiger partial charge in [0, 0.05) is 17.6 Å². The molecule has 0 bridgehead atoms. The summed E-state index contributed by atoms with van der Waals surface area (Å²) in [7, 11) is 0. The van der Waals surface area contributed by atoms with Gasteiger partial charge in [0.1, 0.15) is 6.04 Å². The summed E-state index contributed by atoms with van der Waals surface area (Å²) in [6.45, 7) is 5.93. The van der Waals surface area contributed by atoms with Crippen LogP contribution in [0, 0.1) is 0 Å². The van der Waals surface area contributed by atoms with Gasteiger partial charge in [-0.15, -0.1) is 0 Å². The Morgan fingerprint density at radius 2 is 1.59 bits per heavy atom. The maximum Gasteiger partial charge on any atom is 0.243 e. The van der Waals surface area contributed by atoms with Crippen molar-refractivity contribution < 1.29 is 9.59 Å². The average molecular weight is 456 g/mol. The molecule has 1 unspecified atom stereocenters. The third-order valence-electron chi connectivity index (χ3n) is 4.42. The molecular weight excluding hydrogens is 431 g/mol. The van der Waals surface area contributed by atoms with Crippen LogP contribution in [-0.4, -0.2) is 28.8 Å². The number of rotatable bonds is 8. The zero-order valence-corrected chi connectivity index (χ0v) is 19.0. The molecule has 0 saturated heterocycles. The Hall–Kier alpha value is -1.75. The number of carbonyl (C=O) groups excluding carboxylic acids is 2. The summed E-state index contributed by atoms with van der Waals surface area (Å²) in [5.41, 5.74) is 1.64. The van der Waals surface area contributed by atoms with Crippen molar-refractivity contribution in [2.45, 2.75) is 52.2 Å². The molecule has 0 fully saturated rings. The fraction of sp³-hybridized carbons (Fsp3) is 0.364. The largest absolute Gasteiger partial charge is 0.352 e. The molecule has 4 nitrogen and oxygen atoms in total. The van der Waals surface area contributed by atoms with Gasteiger partial charge in [-0.1, -0.05) is 59.9 Å². The van der Waals surface area contributed by atoms with Crippen LogP contribution < -0.4 is 5.32 Å². The molecule has 1 atom stereocenters. The predicted octanol–water partition coefficient (Wildman–Crippen LogP) is 5.52. The molecule has 0 aliphatic carbocycles. The Bertz CT molecular complexity index is 854.